The van der Waals surface area contributed by atoms with Gasteiger partial charge in [-0.2, -0.15) is 0 Å². The molecule has 1 heterocycles. The van der Waals surface area contributed by atoms with Gasteiger partial charge in [-0.25, -0.2) is 4.79 Å². The van der Waals surface area contributed by atoms with Gasteiger partial charge in [0.2, 0.25) is 0 Å². The minimum absolute atomic E-state index is 0.0561. The number of ether oxygens (including phenoxy) is 1. The number of likely N-dealkylation sites (tertiary alicyclic amines) is 1. The van der Waals surface area contributed by atoms with Gasteiger partial charge in [0.25, 0.3) is 0 Å². The van der Waals surface area contributed by atoms with E-state index in [2.05, 4.69) is 6.58 Å². The first kappa shape index (κ1) is 15.6. The van der Waals surface area contributed by atoms with E-state index in [-0.39, 0.29) is 19.3 Å². The van der Waals surface area contributed by atoms with Gasteiger partial charge in [0.1, 0.15) is 6.61 Å². The van der Waals surface area contributed by atoms with Gasteiger partial charge in [-0.1, -0.05) is 36.4 Å². The maximum Gasteiger partial charge on any atom is 0.410 e. The first-order valence-corrected chi connectivity index (χ1v) is 7.42. The molecular weight excluding hydrogens is 266 g/mol. The monoisotopic (exact) mass is 289 g/mol. The van der Waals surface area contributed by atoms with Gasteiger partial charge in [0, 0.05) is 6.54 Å². The Hall–Kier alpha value is -1.81. The summed E-state index contributed by atoms with van der Waals surface area (Å²) < 4.78 is 5.41. The summed E-state index contributed by atoms with van der Waals surface area (Å²) in [4.78, 5) is 14.1. The molecule has 1 unspecified atom stereocenters. The molecule has 0 spiro atoms. The summed E-state index contributed by atoms with van der Waals surface area (Å²) in [6, 6.07) is 9.61. The lowest BCUT2D eigenvalue weighted by molar-refractivity contribution is -0.00554. The van der Waals surface area contributed by atoms with Crippen LogP contribution in [0.4, 0.5) is 4.79 Å². The van der Waals surface area contributed by atoms with E-state index in [1.54, 1.807) is 11.0 Å². The van der Waals surface area contributed by atoms with Crippen LogP contribution in [0.25, 0.3) is 0 Å². The number of amides is 1. The Balaban J connectivity index is 2.03. The molecule has 2 rings (SSSR count). The lowest BCUT2D eigenvalue weighted by atomic mass is 9.84. The standard InChI is InChI=1S/C17H23NO3/c1-2-10-17(14-19)11-6-7-12-18(17)16(20)21-13-15-8-4-3-5-9-15/h2-5,8-9,19H,1,6-7,10-14H2. The van der Waals surface area contributed by atoms with E-state index >= 15 is 0 Å². The fourth-order valence-electron chi connectivity index (χ4n) is 2.89. The number of hydrogen-bond acceptors (Lipinski definition) is 3. The van der Waals surface area contributed by atoms with Gasteiger partial charge in [-0.15, -0.1) is 6.58 Å². The Morgan fingerprint density at radius 1 is 1.38 bits per heavy atom. The Kier molecular flexibility index (Phi) is 5.39. The summed E-state index contributed by atoms with van der Waals surface area (Å²) in [7, 11) is 0. The molecule has 4 heteroatoms. The van der Waals surface area contributed by atoms with Crippen LogP contribution in [0.2, 0.25) is 0 Å². The average Bonchev–Trinajstić information content (AvgIpc) is 2.54. The fraction of sp³-hybridized carbons (Fsp3) is 0.471. The highest BCUT2D eigenvalue weighted by Crippen LogP contribution is 2.32. The van der Waals surface area contributed by atoms with E-state index < -0.39 is 5.54 Å². The van der Waals surface area contributed by atoms with Gasteiger partial charge in [-0.3, -0.25) is 4.90 Å². The molecule has 21 heavy (non-hydrogen) atoms. The minimum atomic E-state index is -0.548. The molecule has 0 bridgehead atoms. The Morgan fingerprint density at radius 3 is 2.81 bits per heavy atom. The van der Waals surface area contributed by atoms with Gasteiger partial charge in [0.15, 0.2) is 0 Å². The molecule has 0 radical (unpaired) electrons. The first-order chi connectivity index (χ1) is 10.2. The molecule has 0 saturated carbocycles. The molecule has 114 valence electrons. The number of rotatable bonds is 5. The van der Waals surface area contributed by atoms with Gasteiger partial charge in [-0.05, 0) is 31.2 Å². The normalized spacial score (nSPS) is 21.9. The third-order valence-electron chi connectivity index (χ3n) is 4.09. The largest absolute Gasteiger partial charge is 0.445 e. The second-order valence-corrected chi connectivity index (χ2v) is 5.52. The van der Waals surface area contributed by atoms with Crippen molar-refractivity contribution < 1.29 is 14.6 Å². The highest BCUT2D eigenvalue weighted by atomic mass is 16.6. The molecule has 4 nitrogen and oxygen atoms in total. The van der Waals surface area contributed by atoms with E-state index in [1.165, 1.54) is 0 Å². The predicted molar refractivity (Wildman–Crippen MR) is 81.8 cm³/mol. The van der Waals surface area contributed by atoms with Crippen LogP contribution >= 0.6 is 0 Å². The highest BCUT2D eigenvalue weighted by Gasteiger charge is 2.41. The van der Waals surface area contributed by atoms with Crippen LogP contribution in [0.3, 0.4) is 0 Å². The average molecular weight is 289 g/mol. The van der Waals surface area contributed by atoms with Crippen molar-refractivity contribution in [2.75, 3.05) is 13.2 Å². The van der Waals surface area contributed by atoms with Crippen molar-refractivity contribution in [3.63, 3.8) is 0 Å². The first-order valence-electron chi connectivity index (χ1n) is 7.42. The molecule has 1 amide bonds. The third-order valence-corrected chi connectivity index (χ3v) is 4.09. The summed E-state index contributed by atoms with van der Waals surface area (Å²) in [5, 5.41) is 9.78. The molecule has 1 atom stereocenters. The second-order valence-electron chi connectivity index (χ2n) is 5.52. The summed E-state index contributed by atoms with van der Waals surface area (Å²) in [5.74, 6) is 0. The maximum atomic E-state index is 12.4. The lowest BCUT2D eigenvalue weighted by Gasteiger charge is -2.45. The van der Waals surface area contributed by atoms with Crippen molar-refractivity contribution >= 4 is 6.09 Å². The predicted octanol–water partition coefficient (Wildman–Crippen LogP) is 3.12. The summed E-state index contributed by atoms with van der Waals surface area (Å²) in [6.45, 7) is 4.57. The summed E-state index contributed by atoms with van der Waals surface area (Å²) in [6.07, 6.45) is 4.74. The van der Waals surface area contributed by atoms with Crippen LogP contribution in [-0.2, 0) is 11.3 Å². The molecular formula is C17H23NO3. The van der Waals surface area contributed by atoms with Crippen molar-refractivity contribution in [2.45, 2.75) is 37.8 Å². The van der Waals surface area contributed by atoms with Crippen molar-refractivity contribution in [2.24, 2.45) is 0 Å². The lowest BCUT2D eigenvalue weighted by Crippen LogP contribution is -2.56. The molecule has 1 fully saturated rings. The van der Waals surface area contributed by atoms with Gasteiger partial charge < -0.3 is 9.84 Å². The van der Waals surface area contributed by atoms with Crippen molar-refractivity contribution in [3.05, 3.63) is 48.6 Å². The number of carbonyl (C=O) groups is 1. The summed E-state index contributed by atoms with van der Waals surface area (Å²) >= 11 is 0. The van der Waals surface area contributed by atoms with E-state index in [0.717, 1.165) is 24.8 Å². The van der Waals surface area contributed by atoms with Crippen LogP contribution in [0.15, 0.2) is 43.0 Å². The molecule has 1 aliphatic heterocycles. The van der Waals surface area contributed by atoms with Crippen LogP contribution in [0, 0.1) is 0 Å². The highest BCUT2D eigenvalue weighted by molar-refractivity contribution is 5.69. The molecule has 1 N–H and O–H groups in total. The Labute approximate surface area is 126 Å². The summed E-state index contributed by atoms with van der Waals surface area (Å²) in [5.41, 5.74) is 0.412. The van der Waals surface area contributed by atoms with Crippen molar-refractivity contribution in [1.29, 1.82) is 0 Å². The number of nitrogens with zero attached hydrogens (tertiary/aromatic N) is 1. The zero-order valence-electron chi connectivity index (χ0n) is 12.3. The molecule has 1 saturated heterocycles. The van der Waals surface area contributed by atoms with Crippen molar-refractivity contribution in [3.8, 4) is 0 Å². The molecule has 1 aromatic carbocycles. The van der Waals surface area contributed by atoms with Gasteiger partial charge >= 0.3 is 6.09 Å². The molecule has 1 aliphatic rings. The van der Waals surface area contributed by atoms with Crippen LogP contribution in [-0.4, -0.2) is 34.8 Å². The van der Waals surface area contributed by atoms with Crippen LogP contribution in [0.5, 0.6) is 0 Å². The number of carbonyl (C=O) groups excluding carboxylic acids is 1. The van der Waals surface area contributed by atoms with E-state index in [4.69, 9.17) is 4.74 Å². The van der Waals surface area contributed by atoms with E-state index in [0.29, 0.717) is 13.0 Å². The van der Waals surface area contributed by atoms with E-state index in [1.807, 2.05) is 30.3 Å². The van der Waals surface area contributed by atoms with Crippen molar-refractivity contribution in [1.82, 2.24) is 4.90 Å². The van der Waals surface area contributed by atoms with E-state index in [9.17, 15) is 9.90 Å². The molecule has 0 aliphatic carbocycles. The third kappa shape index (κ3) is 3.64. The van der Waals surface area contributed by atoms with Crippen LogP contribution in [0.1, 0.15) is 31.2 Å². The zero-order valence-corrected chi connectivity index (χ0v) is 12.3. The maximum absolute atomic E-state index is 12.4. The number of hydrogen-bond donors (Lipinski definition) is 1. The number of aliphatic hydroxyl groups excluding tert-OH is 1. The SMILES string of the molecule is C=CCC1(CO)CCCCN1C(=O)OCc1ccccc1. The Morgan fingerprint density at radius 2 is 2.14 bits per heavy atom. The second kappa shape index (κ2) is 7.27. The number of piperidine rings is 1. The minimum Gasteiger partial charge on any atom is -0.445 e. The zero-order chi connectivity index (χ0) is 15.1. The smallest absolute Gasteiger partial charge is 0.410 e. The topological polar surface area (TPSA) is 49.8 Å². The Bertz CT molecular complexity index is 474. The number of aliphatic hydroxyl groups is 1. The number of benzene rings is 1. The quantitative estimate of drug-likeness (QED) is 0.847. The molecule has 1 aromatic rings. The van der Waals surface area contributed by atoms with Gasteiger partial charge in [0.05, 0.1) is 12.1 Å². The molecule has 0 aromatic heterocycles. The fourth-order valence-corrected chi connectivity index (χ4v) is 2.89. The van der Waals surface area contributed by atoms with Crippen LogP contribution < -0.4 is 0 Å².